The van der Waals surface area contributed by atoms with Crippen LogP contribution in [0.2, 0.25) is 0 Å². The SMILES string of the molecule is Cc1[nH]ncc1S(=O)(=O)N1CCc2cc(C(C)N)ccc21. The summed E-state index contributed by atoms with van der Waals surface area (Å²) in [6, 6.07) is 5.67. The van der Waals surface area contributed by atoms with Crippen LogP contribution in [-0.4, -0.2) is 25.2 Å². The molecule has 0 saturated carbocycles. The third-order valence-electron chi connectivity index (χ3n) is 3.83. The molecule has 0 aliphatic carbocycles. The molecule has 0 amide bonds. The second-order valence-electron chi connectivity index (χ2n) is 5.36. The van der Waals surface area contributed by atoms with E-state index in [4.69, 9.17) is 5.73 Å². The van der Waals surface area contributed by atoms with Gasteiger partial charge in [0.25, 0.3) is 10.0 Å². The van der Waals surface area contributed by atoms with Gasteiger partial charge < -0.3 is 5.73 Å². The molecule has 0 bridgehead atoms. The Kier molecular flexibility index (Phi) is 3.26. The van der Waals surface area contributed by atoms with Crippen molar-refractivity contribution in [1.82, 2.24) is 10.2 Å². The van der Waals surface area contributed by atoms with E-state index in [9.17, 15) is 8.42 Å². The summed E-state index contributed by atoms with van der Waals surface area (Å²) in [5, 5.41) is 6.48. The van der Waals surface area contributed by atoms with Crippen molar-refractivity contribution in [3.63, 3.8) is 0 Å². The summed E-state index contributed by atoms with van der Waals surface area (Å²) in [6.45, 7) is 4.07. The average Bonchev–Trinajstić information content (AvgIpc) is 3.03. The van der Waals surface area contributed by atoms with Crippen LogP contribution >= 0.6 is 0 Å². The summed E-state index contributed by atoms with van der Waals surface area (Å²) in [5.74, 6) is 0. The quantitative estimate of drug-likeness (QED) is 0.898. The first kappa shape index (κ1) is 14.1. The molecule has 0 spiro atoms. The molecule has 1 aliphatic rings. The van der Waals surface area contributed by atoms with E-state index in [0.717, 1.165) is 16.8 Å². The lowest BCUT2D eigenvalue weighted by molar-refractivity contribution is 0.592. The van der Waals surface area contributed by atoms with Crippen molar-refractivity contribution < 1.29 is 8.42 Å². The van der Waals surface area contributed by atoms with Gasteiger partial charge in [-0.25, -0.2) is 8.42 Å². The minimum absolute atomic E-state index is 0.0583. The molecule has 3 N–H and O–H groups in total. The Labute approximate surface area is 124 Å². The Morgan fingerprint density at radius 2 is 2.19 bits per heavy atom. The largest absolute Gasteiger partial charge is 0.324 e. The highest BCUT2D eigenvalue weighted by Gasteiger charge is 2.32. The lowest BCUT2D eigenvalue weighted by Crippen LogP contribution is -2.29. The Morgan fingerprint density at radius 1 is 1.43 bits per heavy atom. The van der Waals surface area contributed by atoms with Gasteiger partial charge in [0.15, 0.2) is 0 Å². The van der Waals surface area contributed by atoms with Gasteiger partial charge in [0.2, 0.25) is 0 Å². The topological polar surface area (TPSA) is 92.1 Å². The average molecular weight is 306 g/mol. The highest BCUT2D eigenvalue weighted by Crippen LogP contribution is 2.34. The third kappa shape index (κ3) is 2.22. The predicted molar refractivity (Wildman–Crippen MR) is 80.6 cm³/mol. The van der Waals surface area contributed by atoms with Crippen molar-refractivity contribution in [2.45, 2.75) is 31.2 Å². The third-order valence-corrected chi connectivity index (χ3v) is 5.76. The van der Waals surface area contributed by atoms with Crippen LogP contribution in [-0.2, 0) is 16.4 Å². The van der Waals surface area contributed by atoms with Gasteiger partial charge in [-0.05, 0) is 37.5 Å². The van der Waals surface area contributed by atoms with Gasteiger partial charge in [-0.2, -0.15) is 5.10 Å². The lowest BCUT2D eigenvalue weighted by Gasteiger charge is -2.19. The summed E-state index contributed by atoms with van der Waals surface area (Å²) in [5.41, 5.74) is 9.21. The van der Waals surface area contributed by atoms with Gasteiger partial charge in [-0.3, -0.25) is 9.40 Å². The molecule has 1 aliphatic heterocycles. The van der Waals surface area contributed by atoms with Crippen LogP contribution in [0.3, 0.4) is 0 Å². The van der Waals surface area contributed by atoms with Crippen molar-refractivity contribution in [2.75, 3.05) is 10.8 Å². The molecule has 0 saturated heterocycles. The number of H-pyrrole nitrogens is 1. The first-order valence-electron chi connectivity index (χ1n) is 6.82. The van der Waals surface area contributed by atoms with E-state index in [1.165, 1.54) is 10.5 Å². The van der Waals surface area contributed by atoms with E-state index in [1.54, 1.807) is 6.92 Å². The maximum Gasteiger partial charge on any atom is 0.267 e. The predicted octanol–water partition coefficient (Wildman–Crippen LogP) is 1.49. The molecule has 1 unspecified atom stereocenters. The molecule has 2 heterocycles. The molecular weight excluding hydrogens is 288 g/mol. The highest BCUT2D eigenvalue weighted by molar-refractivity contribution is 7.92. The second-order valence-corrected chi connectivity index (χ2v) is 7.19. The molecular formula is C14H18N4O2S. The normalized spacial score (nSPS) is 16.0. The zero-order chi connectivity index (χ0) is 15.2. The molecule has 1 aromatic heterocycles. The fourth-order valence-electron chi connectivity index (χ4n) is 2.64. The van der Waals surface area contributed by atoms with Crippen LogP contribution in [0.25, 0.3) is 0 Å². The van der Waals surface area contributed by atoms with Crippen LogP contribution in [0.15, 0.2) is 29.3 Å². The summed E-state index contributed by atoms with van der Waals surface area (Å²) < 4.78 is 26.9. The van der Waals surface area contributed by atoms with Gasteiger partial charge in [-0.15, -0.1) is 0 Å². The smallest absolute Gasteiger partial charge is 0.267 e. The molecule has 1 atom stereocenters. The van der Waals surface area contributed by atoms with Crippen LogP contribution in [0.1, 0.15) is 29.8 Å². The van der Waals surface area contributed by atoms with E-state index in [1.807, 2.05) is 25.1 Å². The number of nitrogens with two attached hydrogens (primary N) is 1. The highest BCUT2D eigenvalue weighted by atomic mass is 32.2. The zero-order valence-electron chi connectivity index (χ0n) is 12.0. The van der Waals surface area contributed by atoms with Crippen LogP contribution in [0.4, 0.5) is 5.69 Å². The van der Waals surface area contributed by atoms with Crippen molar-refractivity contribution in [3.8, 4) is 0 Å². The number of hydrogen-bond donors (Lipinski definition) is 2. The van der Waals surface area contributed by atoms with Gasteiger partial charge >= 0.3 is 0 Å². The number of aromatic nitrogens is 2. The molecule has 0 fully saturated rings. The van der Waals surface area contributed by atoms with Crippen molar-refractivity contribution in [2.24, 2.45) is 5.73 Å². The summed E-state index contributed by atoms with van der Waals surface area (Å²) >= 11 is 0. The molecule has 21 heavy (non-hydrogen) atoms. The first-order valence-corrected chi connectivity index (χ1v) is 8.26. The number of nitrogens with one attached hydrogen (secondary N) is 1. The van der Waals surface area contributed by atoms with Crippen molar-refractivity contribution >= 4 is 15.7 Å². The maximum atomic E-state index is 12.7. The van der Waals surface area contributed by atoms with E-state index < -0.39 is 10.0 Å². The molecule has 6 nitrogen and oxygen atoms in total. The molecule has 3 rings (SSSR count). The number of nitrogens with zero attached hydrogens (tertiary/aromatic N) is 2. The molecule has 7 heteroatoms. The van der Waals surface area contributed by atoms with E-state index in [2.05, 4.69) is 10.2 Å². The molecule has 1 aromatic carbocycles. The van der Waals surface area contributed by atoms with Gasteiger partial charge in [-0.1, -0.05) is 12.1 Å². The lowest BCUT2D eigenvalue weighted by atomic mass is 10.0. The standard InChI is InChI=1S/C14H18N4O2S/c1-9(15)11-3-4-13-12(7-11)5-6-18(13)21(19,20)14-8-16-17-10(14)2/h3-4,7-9H,5-6,15H2,1-2H3,(H,16,17). The van der Waals surface area contributed by atoms with Gasteiger partial charge in [0.05, 0.1) is 17.6 Å². The van der Waals surface area contributed by atoms with Crippen LogP contribution in [0, 0.1) is 6.92 Å². The van der Waals surface area contributed by atoms with Crippen molar-refractivity contribution in [1.29, 1.82) is 0 Å². The minimum atomic E-state index is -3.56. The molecule has 2 aromatic rings. The number of fused-ring (bicyclic) bond motifs is 1. The fourth-order valence-corrected chi connectivity index (χ4v) is 4.27. The number of anilines is 1. The number of rotatable bonds is 3. The second kappa shape index (κ2) is 4.85. The monoisotopic (exact) mass is 306 g/mol. The van der Waals surface area contributed by atoms with Gasteiger partial charge in [0.1, 0.15) is 4.90 Å². The Morgan fingerprint density at radius 3 is 2.81 bits per heavy atom. The summed E-state index contributed by atoms with van der Waals surface area (Å²) in [6.07, 6.45) is 2.06. The van der Waals surface area contributed by atoms with Gasteiger partial charge in [0, 0.05) is 12.6 Å². The van der Waals surface area contributed by atoms with E-state index in [-0.39, 0.29) is 10.9 Å². The minimum Gasteiger partial charge on any atom is -0.324 e. The number of benzene rings is 1. The fraction of sp³-hybridized carbons (Fsp3) is 0.357. The first-order chi connectivity index (χ1) is 9.91. The number of hydrogen-bond acceptors (Lipinski definition) is 4. The molecule has 112 valence electrons. The van der Waals surface area contributed by atoms with E-state index in [0.29, 0.717) is 18.7 Å². The maximum absolute atomic E-state index is 12.7. The van der Waals surface area contributed by atoms with Crippen molar-refractivity contribution in [3.05, 3.63) is 41.2 Å². The molecule has 0 radical (unpaired) electrons. The number of sulfonamides is 1. The van der Waals surface area contributed by atoms with Crippen LogP contribution in [0.5, 0.6) is 0 Å². The Hall–Kier alpha value is -1.86. The Bertz CT molecular complexity index is 780. The van der Waals surface area contributed by atoms with Crippen LogP contribution < -0.4 is 10.0 Å². The Balaban J connectivity index is 2.04. The number of aromatic amines is 1. The summed E-state index contributed by atoms with van der Waals surface area (Å²) in [7, 11) is -3.56. The zero-order valence-corrected chi connectivity index (χ0v) is 12.8. The summed E-state index contributed by atoms with van der Waals surface area (Å²) in [4.78, 5) is 0.228. The number of aryl methyl sites for hydroxylation is 1. The van der Waals surface area contributed by atoms with E-state index >= 15 is 0 Å².